The number of halogens is 1. The molecule has 37 heavy (non-hydrogen) atoms. The normalized spacial score (nSPS) is 11.9. The van der Waals surface area contributed by atoms with E-state index in [1.807, 2.05) is 74.8 Å². The van der Waals surface area contributed by atoms with Crippen molar-refractivity contribution in [2.24, 2.45) is 0 Å². The molecule has 0 saturated carbocycles. The minimum absolute atomic E-state index is 0.246. The van der Waals surface area contributed by atoms with Gasteiger partial charge in [-0.05, 0) is 78.2 Å². The summed E-state index contributed by atoms with van der Waals surface area (Å²) in [4.78, 5) is 2.10. The highest BCUT2D eigenvalue weighted by atomic mass is 19.1. The van der Waals surface area contributed by atoms with E-state index in [2.05, 4.69) is 41.3 Å². The molecule has 0 spiro atoms. The summed E-state index contributed by atoms with van der Waals surface area (Å²) < 4.78 is 25.8. The van der Waals surface area contributed by atoms with E-state index in [0.29, 0.717) is 26.2 Å². The molecule has 0 aliphatic heterocycles. The van der Waals surface area contributed by atoms with Crippen LogP contribution < -0.4 is 4.74 Å². The van der Waals surface area contributed by atoms with Crippen LogP contribution in [0.1, 0.15) is 28.7 Å². The van der Waals surface area contributed by atoms with Crippen LogP contribution in [0, 0.1) is 5.82 Å². The van der Waals surface area contributed by atoms with Gasteiger partial charge in [0, 0.05) is 6.54 Å². The summed E-state index contributed by atoms with van der Waals surface area (Å²) in [5.41, 5.74) is 6.52. The molecular formula is C33H34FNO2. The quantitative estimate of drug-likeness (QED) is 0.152. The predicted octanol–water partition coefficient (Wildman–Crippen LogP) is 7.33. The van der Waals surface area contributed by atoms with Gasteiger partial charge in [-0.3, -0.25) is 0 Å². The van der Waals surface area contributed by atoms with Crippen LogP contribution in [0.4, 0.5) is 4.39 Å². The Labute approximate surface area is 219 Å². The van der Waals surface area contributed by atoms with Gasteiger partial charge in [0.05, 0.1) is 13.2 Å². The third kappa shape index (κ3) is 7.88. The smallest absolute Gasteiger partial charge is 0.123 e. The Morgan fingerprint density at radius 2 is 1.27 bits per heavy atom. The lowest BCUT2D eigenvalue weighted by Gasteiger charge is -2.18. The SMILES string of the molecule is CN(C)CCOc1ccc(/C(=C(/CCOCc2ccccc2)c2ccc(F)cc2)c2ccccc2)cc1. The van der Waals surface area contributed by atoms with Crippen LogP contribution in [0.5, 0.6) is 5.75 Å². The van der Waals surface area contributed by atoms with Gasteiger partial charge >= 0.3 is 0 Å². The number of ether oxygens (including phenoxy) is 2. The summed E-state index contributed by atoms with van der Waals surface area (Å²) in [7, 11) is 4.06. The highest BCUT2D eigenvalue weighted by Crippen LogP contribution is 2.35. The summed E-state index contributed by atoms with van der Waals surface area (Å²) in [6, 6.07) is 35.5. The molecule has 0 unspecified atom stereocenters. The van der Waals surface area contributed by atoms with E-state index in [-0.39, 0.29) is 5.82 Å². The van der Waals surface area contributed by atoms with Crippen molar-refractivity contribution in [1.82, 2.24) is 4.90 Å². The molecule has 0 aliphatic carbocycles. The number of benzene rings is 4. The number of hydrogen-bond acceptors (Lipinski definition) is 3. The second-order valence-corrected chi connectivity index (χ2v) is 9.19. The number of hydrogen-bond donors (Lipinski definition) is 0. The average molecular weight is 496 g/mol. The van der Waals surface area contributed by atoms with Crippen LogP contribution in [0.25, 0.3) is 11.1 Å². The maximum Gasteiger partial charge on any atom is 0.123 e. The number of rotatable bonds is 12. The van der Waals surface area contributed by atoms with Crippen LogP contribution in [0.2, 0.25) is 0 Å². The van der Waals surface area contributed by atoms with E-state index >= 15 is 0 Å². The Balaban J connectivity index is 1.67. The molecule has 4 aromatic rings. The van der Waals surface area contributed by atoms with E-state index in [1.54, 1.807) is 0 Å². The molecule has 0 atom stereocenters. The van der Waals surface area contributed by atoms with Gasteiger partial charge in [0.15, 0.2) is 0 Å². The maximum absolute atomic E-state index is 13.8. The maximum atomic E-state index is 13.8. The van der Waals surface area contributed by atoms with Gasteiger partial charge in [0.1, 0.15) is 18.2 Å². The molecule has 0 fully saturated rings. The van der Waals surface area contributed by atoms with Crippen molar-refractivity contribution in [3.05, 3.63) is 137 Å². The zero-order valence-electron chi connectivity index (χ0n) is 21.6. The first kappa shape index (κ1) is 26.3. The van der Waals surface area contributed by atoms with E-state index in [0.717, 1.165) is 45.7 Å². The molecule has 0 aromatic heterocycles. The van der Waals surface area contributed by atoms with Crippen LogP contribution in [0.3, 0.4) is 0 Å². The minimum atomic E-state index is -0.246. The molecular weight excluding hydrogens is 461 g/mol. The Morgan fingerprint density at radius 3 is 1.92 bits per heavy atom. The fourth-order valence-electron chi connectivity index (χ4n) is 4.19. The Morgan fingerprint density at radius 1 is 0.676 bits per heavy atom. The van der Waals surface area contributed by atoms with Gasteiger partial charge < -0.3 is 14.4 Å². The predicted molar refractivity (Wildman–Crippen MR) is 150 cm³/mol. The van der Waals surface area contributed by atoms with Gasteiger partial charge in [0.25, 0.3) is 0 Å². The van der Waals surface area contributed by atoms with Crippen molar-refractivity contribution >= 4 is 11.1 Å². The second-order valence-electron chi connectivity index (χ2n) is 9.19. The van der Waals surface area contributed by atoms with Crippen LogP contribution in [-0.2, 0) is 11.3 Å². The van der Waals surface area contributed by atoms with Crippen LogP contribution in [-0.4, -0.2) is 38.8 Å². The topological polar surface area (TPSA) is 21.7 Å². The van der Waals surface area contributed by atoms with Crippen molar-refractivity contribution in [2.45, 2.75) is 13.0 Å². The van der Waals surface area contributed by atoms with E-state index in [9.17, 15) is 4.39 Å². The van der Waals surface area contributed by atoms with Gasteiger partial charge in [0.2, 0.25) is 0 Å². The number of likely N-dealkylation sites (N-methyl/N-ethyl adjacent to an activating group) is 1. The van der Waals surface area contributed by atoms with Gasteiger partial charge in [-0.1, -0.05) is 84.9 Å². The lowest BCUT2D eigenvalue weighted by atomic mass is 9.88. The fourth-order valence-corrected chi connectivity index (χ4v) is 4.19. The molecule has 0 N–H and O–H groups in total. The summed E-state index contributed by atoms with van der Waals surface area (Å²) in [6.07, 6.45) is 0.684. The highest BCUT2D eigenvalue weighted by molar-refractivity contribution is 5.98. The zero-order chi connectivity index (χ0) is 25.9. The minimum Gasteiger partial charge on any atom is -0.492 e. The molecule has 0 radical (unpaired) electrons. The molecule has 0 heterocycles. The first-order valence-corrected chi connectivity index (χ1v) is 12.6. The molecule has 4 heteroatoms. The molecule has 0 saturated heterocycles. The Bertz CT molecular complexity index is 1250. The lowest BCUT2D eigenvalue weighted by Crippen LogP contribution is -2.19. The second kappa shape index (κ2) is 13.5. The Hall–Kier alpha value is -3.73. The molecule has 3 nitrogen and oxygen atoms in total. The van der Waals surface area contributed by atoms with Crippen molar-refractivity contribution in [1.29, 1.82) is 0 Å². The van der Waals surface area contributed by atoms with Crippen molar-refractivity contribution in [3.8, 4) is 5.75 Å². The zero-order valence-corrected chi connectivity index (χ0v) is 21.6. The van der Waals surface area contributed by atoms with Gasteiger partial charge in [-0.15, -0.1) is 0 Å². The third-order valence-corrected chi connectivity index (χ3v) is 6.12. The lowest BCUT2D eigenvalue weighted by molar-refractivity contribution is 0.126. The van der Waals surface area contributed by atoms with Crippen molar-refractivity contribution in [3.63, 3.8) is 0 Å². The molecule has 4 aromatic carbocycles. The molecule has 4 rings (SSSR count). The first-order chi connectivity index (χ1) is 18.1. The highest BCUT2D eigenvalue weighted by Gasteiger charge is 2.15. The molecule has 0 aliphatic rings. The largest absolute Gasteiger partial charge is 0.492 e. The molecule has 0 amide bonds. The monoisotopic (exact) mass is 495 g/mol. The van der Waals surface area contributed by atoms with Crippen molar-refractivity contribution in [2.75, 3.05) is 33.9 Å². The van der Waals surface area contributed by atoms with Crippen molar-refractivity contribution < 1.29 is 13.9 Å². The summed E-state index contributed by atoms with van der Waals surface area (Å²) in [5, 5.41) is 0. The summed E-state index contributed by atoms with van der Waals surface area (Å²) >= 11 is 0. The summed E-state index contributed by atoms with van der Waals surface area (Å²) in [5.74, 6) is 0.594. The van der Waals surface area contributed by atoms with E-state index in [1.165, 1.54) is 12.1 Å². The fraction of sp³-hybridized carbons (Fsp3) is 0.212. The molecule has 0 bridgehead atoms. The van der Waals surface area contributed by atoms with E-state index < -0.39 is 0 Å². The third-order valence-electron chi connectivity index (χ3n) is 6.12. The van der Waals surface area contributed by atoms with Crippen LogP contribution in [0.15, 0.2) is 109 Å². The standard InChI is InChI=1S/C33H34FNO2/c1-35(2)22-24-37-31-19-15-29(16-20-31)33(28-11-7-4-8-12-28)32(27-13-17-30(34)18-14-27)21-23-36-25-26-9-5-3-6-10-26/h3-20H,21-25H2,1-2H3/b33-32-. The Kier molecular flexibility index (Phi) is 9.64. The van der Waals surface area contributed by atoms with Crippen LogP contribution >= 0.6 is 0 Å². The number of nitrogens with zero attached hydrogens (tertiary/aromatic N) is 1. The first-order valence-electron chi connectivity index (χ1n) is 12.6. The average Bonchev–Trinajstić information content (AvgIpc) is 2.92. The summed E-state index contributed by atoms with van der Waals surface area (Å²) in [6.45, 7) is 2.59. The molecule has 190 valence electrons. The van der Waals surface area contributed by atoms with E-state index in [4.69, 9.17) is 9.47 Å². The van der Waals surface area contributed by atoms with Gasteiger partial charge in [-0.25, -0.2) is 4.39 Å². The van der Waals surface area contributed by atoms with Gasteiger partial charge in [-0.2, -0.15) is 0 Å².